The number of benzene rings is 1. The molecule has 0 radical (unpaired) electrons. The lowest BCUT2D eigenvalue weighted by atomic mass is 10.0. The van der Waals surface area contributed by atoms with Gasteiger partial charge in [0.15, 0.2) is 5.49 Å². The standard InChI is InChI=1S/C24H24F3N5S/c1-13(16-4-3-5-17(20(16)25)21(26)27)29-22-19-12-18(15-6-10-33-11-7-15)23-28-8-9-32(23)24(19)31-14(2)30-22/h3-6,12-13,21,28H,7-11H2,1-2H3/t13-/m1/s1. The van der Waals surface area contributed by atoms with E-state index in [0.29, 0.717) is 11.3 Å². The molecular weight excluding hydrogens is 447 g/mol. The number of nitrogens with zero attached hydrogens (tertiary/aromatic N) is 4. The van der Waals surface area contributed by atoms with Crippen molar-refractivity contribution in [3.63, 3.8) is 0 Å². The molecule has 0 saturated carbocycles. The van der Waals surface area contributed by atoms with Crippen LogP contribution in [0.15, 0.2) is 35.3 Å². The molecule has 172 valence electrons. The van der Waals surface area contributed by atoms with Gasteiger partial charge in [0.25, 0.3) is 6.43 Å². The van der Waals surface area contributed by atoms with E-state index in [9.17, 15) is 13.2 Å². The maximum atomic E-state index is 14.8. The molecule has 0 bridgehead atoms. The third kappa shape index (κ3) is 4.03. The van der Waals surface area contributed by atoms with Crippen LogP contribution in [0.1, 0.15) is 48.3 Å². The minimum Gasteiger partial charge on any atom is -0.369 e. The van der Waals surface area contributed by atoms with E-state index in [0.717, 1.165) is 59.9 Å². The second kappa shape index (κ2) is 8.85. The molecule has 4 aliphatic heterocycles. The van der Waals surface area contributed by atoms with Crippen molar-refractivity contribution in [2.75, 3.05) is 23.4 Å². The first kappa shape index (κ1) is 22.0. The van der Waals surface area contributed by atoms with Crippen molar-refractivity contribution in [1.29, 1.82) is 0 Å². The molecule has 33 heavy (non-hydrogen) atoms. The molecule has 1 atom stereocenters. The molecular formula is C24H24F3N5S. The molecule has 0 saturated heterocycles. The van der Waals surface area contributed by atoms with Gasteiger partial charge in [-0.05, 0) is 37.7 Å². The smallest absolute Gasteiger partial charge is 0.266 e. The van der Waals surface area contributed by atoms with Crippen LogP contribution in [0.3, 0.4) is 0 Å². The number of halogens is 3. The van der Waals surface area contributed by atoms with E-state index in [4.69, 9.17) is 4.99 Å². The fourth-order valence-electron chi connectivity index (χ4n) is 4.47. The van der Waals surface area contributed by atoms with Crippen molar-refractivity contribution in [3.8, 4) is 11.4 Å². The first-order valence-electron chi connectivity index (χ1n) is 11.0. The van der Waals surface area contributed by atoms with Crippen molar-refractivity contribution >= 4 is 23.2 Å². The average Bonchev–Trinajstić information content (AvgIpc) is 3.29. The zero-order chi connectivity index (χ0) is 23.1. The number of alkyl halides is 2. The van der Waals surface area contributed by atoms with Crippen molar-refractivity contribution < 1.29 is 13.2 Å². The Labute approximate surface area is 194 Å². The molecule has 1 N–H and O–H groups in total. The lowest BCUT2D eigenvalue weighted by molar-refractivity contribution is 0.146. The van der Waals surface area contributed by atoms with Gasteiger partial charge in [-0.2, -0.15) is 11.8 Å². The van der Waals surface area contributed by atoms with Crippen LogP contribution in [0.4, 0.5) is 19.0 Å². The van der Waals surface area contributed by atoms with E-state index >= 15 is 0 Å². The van der Waals surface area contributed by atoms with Crippen LogP contribution in [0, 0.1) is 12.7 Å². The summed E-state index contributed by atoms with van der Waals surface area (Å²) in [7, 11) is 0. The van der Waals surface area contributed by atoms with Gasteiger partial charge in [0.05, 0.1) is 17.2 Å². The summed E-state index contributed by atoms with van der Waals surface area (Å²) in [5, 5.41) is 3.49. The zero-order valence-electron chi connectivity index (χ0n) is 18.4. The van der Waals surface area contributed by atoms with E-state index in [1.165, 1.54) is 17.7 Å². The van der Waals surface area contributed by atoms with Gasteiger partial charge in [-0.1, -0.05) is 24.3 Å². The van der Waals surface area contributed by atoms with Crippen LogP contribution in [0.25, 0.3) is 17.0 Å². The Bertz CT molecular complexity index is 1280. The first-order valence-corrected chi connectivity index (χ1v) is 12.1. The van der Waals surface area contributed by atoms with Gasteiger partial charge >= 0.3 is 0 Å². The van der Waals surface area contributed by atoms with Crippen LogP contribution in [0.2, 0.25) is 0 Å². The molecule has 4 heterocycles. The summed E-state index contributed by atoms with van der Waals surface area (Å²) in [5.41, 5.74) is 3.13. The number of anilines is 1. The predicted molar refractivity (Wildman–Crippen MR) is 125 cm³/mol. The van der Waals surface area contributed by atoms with Gasteiger partial charge in [-0.3, -0.25) is 4.99 Å². The molecule has 1 aromatic carbocycles. The fraction of sp³-hybridized carbons (Fsp3) is 0.375. The molecule has 1 aromatic rings. The highest BCUT2D eigenvalue weighted by atomic mass is 32.2. The highest BCUT2D eigenvalue weighted by Crippen LogP contribution is 2.37. The number of aryl methyl sites for hydroxylation is 1. The number of hydrogen-bond donors (Lipinski definition) is 1. The first-order chi connectivity index (χ1) is 15.9. The highest BCUT2D eigenvalue weighted by Gasteiger charge is 2.25. The number of nitrogens with one attached hydrogen (secondary N) is 1. The summed E-state index contributed by atoms with van der Waals surface area (Å²) >= 11 is 1.91. The Balaban J connectivity index is 1.69. The van der Waals surface area contributed by atoms with Gasteiger partial charge in [-0.15, -0.1) is 0 Å². The van der Waals surface area contributed by atoms with Crippen LogP contribution in [-0.4, -0.2) is 32.6 Å². The lowest BCUT2D eigenvalue weighted by Crippen LogP contribution is -2.21. The van der Waals surface area contributed by atoms with Crippen LogP contribution in [0.5, 0.6) is 0 Å². The quantitative estimate of drug-likeness (QED) is 0.556. The topological polar surface area (TPSA) is 55.1 Å². The van der Waals surface area contributed by atoms with Crippen LogP contribution >= 0.6 is 11.8 Å². The number of hydrogen-bond acceptors (Lipinski definition) is 5. The summed E-state index contributed by atoms with van der Waals surface area (Å²) in [6, 6.07) is 5.42. The molecule has 0 spiro atoms. The normalized spacial score (nSPS) is 17.3. The molecule has 5 rings (SSSR count). The summed E-state index contributed by atoms with van der Waals surface area (Å²) in [5.74, 6) is 3.51. The Hall–Kier alpha value is -2.81. The Morgan fingerprint density at radius 1 is 1.18 bits per heavy atom. The largest absolute Gasteiger partial charge is 0.369 e. The minimum absolute atomic E-state index is 0.125. The SMILES string of the molecule is Cc1nc2n3c(c(C4=CCSCC4)cc-2c(=N[C@H](C)c2cccc(C(F)F)c2F)n1)NCC3. The predicted octanol–water partition coefficient (Wildman–Crippen LogP) is 5.38. The molecule has 0 unspecified atom stereocenters. The molecule has 4 aliphatic rings. The van der Waals surface area contributed by atoms with Crippen molar-refractivity contribution in [2.24, 2.45) is 4.99 Å². The molecule has 0 amide bonds. The third-order valence-corrected chi connectivity index (χ3v) is 6.98. The molecule has 0 aliphatic carbocycles. The van der Waals surface area contributed by atoms with Gasteiger partial charge in [0.2, 0.25) is 0 Å². The number of allylic oxidation sites excluding steroid dienone is 1. The summed E-state index contributed by atoms with van der Waals surface area (Å²) in [6.07, 6.45) is 0.359. The van der Waals surface area contributed by atoms with Crippen LogP contribution in [-0.2, 0) is 6.54 Å². The summed E-state index contributed by atoms with van der Waals surface area (Å²) < 4.78 is 43.3. The number of rotatable bonds is 4. The van der Waals surface area contributed by atoms with Gasteiger partial charge in [-0.25, -0.2) is 23.1 Å². The summed E-state index contributed by atoms with van der Waals surface area (Å²) in [4.78, 5) is 13.9. The molecule has 0 aromatic heterocycles. The number of aromatic nitrogens is 3. The Morgan fingerprint density at radius 2 is 2.00 bits per heavy atom. The molecule has 9 heteroatoms. The van der Waals surface area contributed by atoms with Crippen molar-refractivity contribution in [3.05, 3.63) is 64.2 Å². The molecule has 5 nitrogen and oxygen atoms in total. The summed E-state index contributed by atoms with van der Waals surface area (Å²) in [6.45, 7) is 5.08. The third-order valence-electron chi connectivity index (χ3n) is 6.08. The number of pyridine rings is 1. The Kier molecular flexibility index (Phi) is 5.90. The number of fused-ring (bicyclic) bond motifs is 3. The van der Waals surface area contributed by atoms with Crippen LogP contribution < -0.4 is 10.8 Å². The Morgan fingerprint density at radius 3 is 2.76 bits per heavy atom. The van der Waals surface area contributed by atoms with E-state index in [2.05, 4.69) is 32.0 Å². The minimum atomic E-state index is -2.88. The number of thioether (sulfide) groups is 1. The fourth-order valence-corrected chi connectivity index (χ4v) is 5.32. The van der Waals surface area contributed by atoms with Crippen molar-refractivity contribution in [2.45, 2.75) is 39.3 Å². The lowest BCUT2D eigenvalue weighted by Gasteiger charge is -2.21. The second-order valence-electron chi connectivity index (χ2n) is 8.23. The maximum Gasteiger partial charge on any atom is 0.266 e. The maximum absolute atomic E-state index is 14.8. The average molecular weight is 472 g/mol. The zero-order valence-corrected chi connectivity index (χ0v) is 19.2. The molecule has 0 fully saturated rings. The highest BCUT2D eigenvalue weighted by molar-refractivity contribution is 7.99. The van der Waals surface area contributed by atoms with Gasteiger partial charge in [0, 0.05) is 30.0 Å². The second-order valence-corrected chi connectivity index (χ2v) is 9.38. The van der Waals surface area contributed by atoms with E-state index in [1.54, 1.807) is 13.8 Å². The van der Waals surface area contributed by atoms with E-state index < -0.39 is 23.8 Å². The van der Waals surface area contributed by atoms with Crippen molar-refractivity contribution in [1.82, 2.24) is 14.5 Å². The van der Waals surface area contributed by atoms with Gasteiger partial charge in [0.1, 0.15) is 23.3 Å². The van der Waals surface area contributed by atoms with E-state index in [1.807, 2.05) is 11.8 Å². The monoisotopic (exact) mass is 471 g/mol. The van der Waals surface area contributed by atoms with Gasteiger partial charge < -0.3 is 9.88 Å². The van der Waals surface area contributed by atoms with E-state index in [-0.39, 0.29) is 5.56 Å².